The summed E-state index contributed by atoms with van der Waals surface area (Å²) >= 11 is 0. The minimum absolute atomic E-state index is 0.118. The SMILES string of the molecule is CC(=O)Oc1cccc(C(=O)N[C@H](Cc2c3ccccc3cc3ccccc23)C(=O)O)c1. The van der Waals surface area contributed by atoms with E-state index in [1.807, 2.05) is 48.5 Å². The summed E-state index contributed by atoms with van der Waals surface area (Å²) in [6.07, 6.45) is 0.118. The summed E-state index contributed by atoms with van der Waals surface area (Å²) in [7, 11) is 0. The van der Waals surface area contributed by atoms with Crippen molar-refractivity contribution in [2.45, 2.75) is 19.4 Å². The lowest BCUT2D eigenvalue weighted by atomic mass is 9.92. The van der Waals surface area contributed by atoms with Crippen LogP contribution in [-0.2, 0) is 16.0 Å². The minimum Gasteiger partial charge on any atom is -0.480 e. The molecule has 6 nitrogen and oxygen atoms in total. The van der Waals surface area contributed by atoms with Gasteiger partial charge in [-0.1, -0.05) is 54.6 Å². The Kier molecular flexibility index (Phi) is 5.85. The molecule has 0 aromatic heterocycles. The molecule has 0 spiro atoms. The third kappa shape index (κ3) is 4.44. The average molecular weight is 427 g/mol. The molecule has 2 N–H and O–H groups in total. The first kappa shape index (κ1) is 21.1. The number of esters is 1. The molecule has 0 bridgehead atoms. The van der Waals surface area contributed by atoms with Crippen molar-refractivity contribution in [1.29, 1.82) is 0 Å². The molecular formula is C26H21NO5. The summed E-state index contributed by atoms with van der Waals surface area (Å²) in [6, 6.07) is 22.6. The van der Waals surface area contributed by atoms with E-state index < -0.39 is 23.9 Å². The van der Waals surface area contributed by atoms with Gasteiger partial charge in [0.05, 0.1) is 0 Å². The third-order valence-corrected chi connectivity index (χ3v) is 5.25. The van der Waals surface area contributed by atoms with Crippen LogP contribution in [0.25, 0.3) is 21.5 Å². The summed E-state index contributed by atoms with van der Waals surface area (Å²) in [5.74, 6) is -1.98. The van der Waals surface area contributed by atoms with Gasteiger partial charge in [-0.15, -0.1) is 0 Å². The molecule has 0 saturated heterocycles. The fourth-order valence-corrected chi connectivity index (χ4v) is 3.84. The second-order valence-electron chi connectivity index (χ2n) is 7.49. The Labute approximate surface area is 184 Å². The van der Waals surface area contributed by atoms with Crippen molar-refractivity contribution in [3.8, 4) is 5.75 Å². The van der Waals surface area contributed by atoms with Gasteiger partial charge in [0, 0.05) is 18.9 Å². The summed E-state index contributed by atoms with van der Waals surface area (Å²) in [5, 5.41) is 16.4. The summed E-state index contributed by atoms with van der Waals surface area (Å²) in [6.45, 7) is 1.27. The highest BCUT2D eigenvalue weighted by atomic mass is 16.5. The molecule has 4 aromatic carbocycles. The lowest BCUT2D eigenvalue weighted by Gasteiger charge is -2.18. The number of fused-ring (bicyclic) bond motifs is 2. The Morgan fingerprint density at radius 1 is 0.875 bits per heavy atom. The van der Waals surface area contributed by atoms with Gasteiger partial charge in [-0.2, -0.15) is 0 Å². The number of carbonyl (C=O) groups is 3. The zero-order valence-electron chi connectivity index (χ0n) is 17.4. The topological polar surface area (TPSA) is 92.7 Å². The van der Waals surface area contributed by atoms with Crippen LogP contribution in [0, 0.1) is 0 Å². The van der Waals surface area contributed by atoms with Gasteiger partial charge >= 0.3 is 11.9 Å². The maximum absolute atomic E-state index is 12.8. The van der Waals surface area contributed by atoms with Gasteiger partial charge < -0.3 is 15.2 Å². The molecule has 0 fully saturated rings. The van der Waals surface area contributed by atoms with Gasteiger partial charge in [0.15, 0.2) is 0 Å². The Bertz CT molecular complexity index is 1290. The Hall–Kier alpha value is -4.19. The van der Waals surface area contributed by atoms with Crippen molar-refractivity contribution < 1.29 is 24.2 Å². The van der Waals surface area contributed by atoms with E-state index in [0.29, 0.717) is 0 Å². The van der Waals surface area contributed by atoms with E-state index in [-0.39, 0.29) is 17.7 Å². The van der Waals surface area contributed by atoms with E-state index in [1.165, 1.54) is 19.1 Å². The molecule has 0 aliphatic heterocycles. The largest absolute Gasteiger partial charge is 0.480 e. The Balaban J connectivity index is 1.68. The standard InChI is InChI=1S/C26H21NO5/c1-16(28)32-20-10-6-9-19(14-20)25(29)27-24(26(30)31)15-23-21-11-4-2-7-17(21)13-18-8-3-5-12-22(18)23/h2-14,24H,15H2,1H3,(H,27,29)(H,30,31)/t24-/m1/s1. The maximum Gasteiger partial charge on any atom is 0.326 e. The predicted molar refractivity (Wildman–Crippen MR) is 122 cm³/mol. The van der Waals surface area contributed by atoms with Gasteiger partial charge in [-0.3, -0.25) is 9.59 Å². The number of ether oxygens (including phenoxy) is 1. The molecule has 4 aromatic rings. The molecule has 0 aliphatic rings. The van der Waals surface area contributed by atoms with Crippen LogP contribution in [0.3, 0.4) is 0 Å². The lowest BCUT2D eigenvalue weighted by molar-refractivity contribution is -0.139. The van der Waals surface area contributed by atoms with Crippen LogP contribution >= 0.6 is 0 Å². The molecule has 0 heterocycles. The van der Waals surface area contributed by atoms with Crippen molar-refractivity contribution in [2.75, 3.05) is 0 Å². The van der Waals surface area contributed by atoms with Crippen LogP contribution in [0.1, 0.15) is 22.8 Å². The van der Waals surface area contributed by atoms with Crippen LogP contribution in [-0.4, -0.2) is 29.0 Å². The number of benzene rings is 4. The van der Waals surface area contributed by atoms with E-state index in [0.717, 1.165) is 27.1 Å². The second kappa shape index (κ2) is 8.89. The summed E-state index contributed by atoms with van der Waals surface area (Å²) in [4.78, 5) is 36.0. The first-order valence-corrected chi connectivity index (χ1v) is 10.1. The van der Waals surface area contributed by atoms with Crippen LogP contribution < -0.4 is 10.1 Å². The van der Waals surface area contributed by atoms with Gasteiger partial charge in [0.25, 0.3) is 5.91 Å². The monoisotopic (exact) mass is 427 g/mol. The van der Waals surface area contributed by atoms with Gasteiger partial charge in [-0.25, -0.2) is 4.79 Å². The van der Waals surface area contributed by atoms with Crippen molar-refractivity contribution >= 4 is 39.4 Å². The zero-order chi connectivity index (χ0) is 22.7. The predicted octanol–water partition coefficient (Wildman–Crippen LogP) is 4.34. The Morgan fingerprint density at radius 3 is 2.09 bits per heavy atom. The molecular weight excluding hydrogens is 406 g/mol. The average Bonchev–Trinajstić information content (AvgIpc) is 2.77. The van der Waals surface area contributed by atoms with Crippen LogP contribution in [0.5, 0.6) is 5.75 Å². The zero-order valence-corrected chi connectivity index (χ0v) is 17.4. The van der Waals surface area contributed by atoms with E-state index in [1.54, 1.807) is 12.1 Å². The van der Waals surface area contributed by atoms with Crippen LogP contribution in [0.2, 0.25) is 0 Å². The lowest BCUT2D eigenvalue weighted by Crippen LogP contribution is -2.42. The van der Waals surface area contributed by atoms with Gasteiger partial charge in [0.2, 0.25) is 0 Å². The van der Waals surface area contributed by atoms with E-state index in [4.69, 9.17) is 4.74 Å². The van der Waals surface area contributed by atoms with E-state index >= 15 is 0 Å². The van der Waals surface area contributed by atoms with Crippen molar-refractivity contribution in [3.63, 3.8) is 0 Å². The maximum atomic E-state index is 12.8. The number of amides is 1. The molecule has 1 atom stereocenters. The fraction of sp³-hybridized carbons (Fsp3) is 0.115. The van der Waals surface area contributed by atoms with E-state index in [2.05, 4.69) is 11.4 Å². The molecule has 160 valence electrons. The van der Waals surface area contributed by atoms with Crippen LogP contribution in [0.15, 0.2) is 78.9 Å². The van der Waals surface area contributed by atoms with Gasteiger partial charge in [-0.05, 0) is 51.4 Å². The summed E-state index contributed by atoms with van der Waals surface area (Å²) < 4.78 is 5.01. The number of rotatable bonds is 6. The Morgan fingerprint density at radius 2 is 1.50 bits per heavy atom. The normalized spacial score (nSPS) is 11.8. The molecule has 0 aliphatic carbocycles. The molecule has 6 heteroatoms. The third-order valence-electron chi connectivity index (χ3n) is 5.25. The molecule has 0 saturated carbocycles. The van der Waals surface area contributed by atoms with Crippen molar-refractivity contribution in [3.05, 3.63) is 90.0 Å². The summed E-state index contributed by atoms with van der Waals surface area (Å²) in [5.41, 5.74) is 1.07. The number of carbonyl (C=O) groups excluding carboxylic acids is 2. The number of aliphatic carboxylic acids is 1. The fourth-order valence-electron chi connectivity index (χ4n) is 3.84. The molecule has 1 amide bonds. The number of carboxylic acids is 1. The van der Waals surface area contributed by atoms with E-state index in [9.17, 15) is 19.5 Å². The number of nitrogens with one attached hydrogen (secondary N) is 1. The highest BCUT2D eigenvalue weighted by Crippen LogP contribution is 2.29. The number of carboxylic acid groups (broad SMARTS) is 1. The first-order chi connectivity index (χ1) is 15.4. The molecule has 0 radical (unpaired) electrons. The number of hydrogen-bond donors (Lipinski definition) is 2. The van der Waals surface area contributed by atoms with Gasteiger partial charge in [0.1, 0.15) is 11.8 Å². The molecule has 32 heavy (non-hydrogen) atoms. The highest BCUT2D eigenvalue weighted by molar-refractivity contribution is 6.03. The first-order valence-electron chi connectivity index (χ1n) is 10.1. The quantitative estimate of drug-likeness (QED) is 0.271. The second-order valence-corrected chi connectivity index (χ2v) is 7.49. The van der Waals surface area contributed by atoms with Crippen LogP contribution in [0.4, 0.5) is 0 Å². The minimum atomic E-state index is -1.14. The molecule has 0 unspecified atom stereocenters. The molecule has 4 rings (SSSR count). The van der Waals surface area contributed by atoms with Crippen molar-refractivity contribution in [2.24, 2.45) is 0 Å². The number of hydrogen-bond acceptors (Lipinski definition) is 4. The smallest absolute Gasteiger partial charge is 0.326 e. The van der Waals surface area contributed by atoms with Crippen molar-refractivity contribution in [1.82, 2.24) is 5.32 Å². The highest BCUT2D eigenvalue weighted by Gasteiger charge is 2.23.